The number of rotatable bonds is 4. The average Bonchev–Trinajstić information content (AvgIpc) is 3.14. The summed E-state index contributed by atoms with van der Waals surface area (Å²) in [6, 6.07) is 23.2. The Balaban J connectivity index is 1.38. The fourth-order valence-electron chi connectivity index (χ4n) is 4.27. The molecular weight excluding hydrogens is 397 g/mol. The quantitative estimate of drug-likeness (QED) is 0.441. The first-order valence-corrected chi connectivity index (χ1v) is 10.6. The summed E-state index contributed by atoms with van der Waals surface area (Å²) in [6.45, 7) is 4.81. The number of para-hydroxylation sites is 1. The van der Waals surface area contributed by atoms with Gasteiger partial charge >= 0.3 is 0 Å². The second-order valence-corrected chi connectivity index (χ2v) is 8.21. The Morgan fingerprint density at radius 1 is 0.833 bits per heavy atom. The zero-order chi connectivity index (χ0) is 20.5. The Hall–Kier alpha value is -2.82. The van der Waals surface area contributed by atoms with Crippen LogP contribution in [0.4, 0.5) is 10.1 Å². The van der Waals surface area contributed by atoms with Crippen LogP contribution >= 0.6 is 11.6 Å². The summed E-state index contributed by atoms with van der Waals surface area (Å²) in [7, 11) is 0. The van der Waals surface area contributed by atoms with E-state index < -0.39 is 0 Å². The van der Waals surface area contributed by atoms with Gasteiger partial charge in [-0.05, 0) is 65.7 Å². The molecule has 5 heteroatoms. The monoisotopic (exact) mass is 419 g/mol. The van der Waals surface area contributed by atoms with Gasteiger partial charge in [0.15, 0.2) is 0 Å². The number of aromatic nitrogens is 1. The molecule has 2 heterocycles. The van der Waals surface area contributed by atoms with Crippen LogP contribution in [0, 0.1) is 5.82 Å². The SMILES string of the molecule is Fc1ccc(-c2[nH]c3ccccc3c2CN2CCN(c3ccc(Cl)cc3)CC2)cc1. The minimum absolute atomic E-state index is 0.213. The van der Waals surface area contributed by atoms with Gasteiger partial charge in [-0.2, -0.15) is 0 Å². The van der Waals surface area contributed by atoms with Crippen LogP contribution in [0.2, 0.25) is 5.02 Å². The van der Waals surface area contributed by atoms with Gasteiger partial charge in [-0.25, -0.2) is 4.39 Å². The van der Waals surface area contributed by atoms with Gasteiger partial charge in [0.05, 0.1) is 5.69 Å². The standard InChI is InChI=1S/C25H23ClFN3/c26-19-7-11-21(12-8-19)30-15-13-29(14-16-30)17-23-22-3-1-2-4-24(22)28-25(23)18-5-9-20(27)10-6-18/h1-12,28H,13-17H2. The Morgan fingerprint density at radius 2 is 1.53 bits per heavy atom. The Kier molecular flexibility index (Phi) is 5.19. The highest BCUT2D eigenvalue weighted by Crippen LogP contribution is 2.32. The molecule has 3 nitrogen and oxygen atoms in total. The van der Waals surface area contributed by atoms with Crippen molar-refractivity contribution in [3.8, 4) is 11.3 Å². The number of fused-ring (bicyclic) bond motifs is 1. The van der Waals surface area contributed by atoms with Crippen molar-refractivity contribution in [2.45, 2.75) is 6.54 Å². The van der Waals surface area contributed by atoms with Gasteiger partial charge in [-0.1, -0.05) is 29.8 Å². The molecule has 0 atom stereocenters. The minimum atomic E-state index is -0.213. The number of nitrogens with one attached hydrogen (secondary N) is 1. The van der Waals surface area contributed by atoms with Crippen LogP contribution in [-0.4, -0.2) is 36.1 Å². The van der Waals surface area contributed by atoms with Crippen molar-refractivity contribution >= 4 is 28.2 Å². The maximum Gasteiger partial charge on any atom is 0.123 e. The molecule has 5 rings (SSSR count). The normalized spacial score (nSPS) is 15.1. The van der Waals surface area contributed by atoms with Gasteiger partial charge in [-0.3, -0.25) is 4.90 Å². The zero-order valence-corrected chi connectivity index (χ0v) is 17.4. The number of hydrogen-bond acceptors (Lipinski definition) is 2. The average molecular weight is 420 g/mol. The molecule has 30 heavy (non-hydrogen) atoms. The predicted octanol–water partition coefficient (Wildman–Crippen LogP) is 5.95. The van der Waals surface area contributed by atoms with Crippen molar-refractivity contribution in [1.29, 1.82) is 0 Å². The van der Waals surface area contributed by atoms with Gasteiger partial charge in [0, 0.05) is 54.3 Å². The van der Waals surface area contributed by atoms with Crippen LogP contribution in [0.1, 0.15) is 5.56 Å². The van der Waals surface area contributed by atoms with Gasteiger partial charge in [0.2, 0.25) is 0 Å². The van der Waals surface area contributed by atoms with E-state index in [2.05, 4.69) is 45.1 Å². The van der Waals surface area contributed by atoms with Crippen molar-refractivity contribution in [3.05, 3.63) is 89.2 Å². The van der Waals surface area contributed by atoms with E-state index in [1.165, 1.54) is 28.8 Å². The summed E-state index contributed by atoms with van der Waals surface area (Å²) < 4.78 is 13.4. The van der Waals surface area contributed by atoms with Gasteiger partial charge in [0.1, 0.15) is 5.82 Å². The Bertz CT molecular complexity index is 1140. The third-order valence-electron chi connectivity index (χ3n) is 5.89. The second-order valence-electron chi connectivity index (χ2n) is 7.77. The van der Waals surface area contributed by atoms with Crippen LogP contribution in [0.5, 0.6) is 0 Å². The van der Waals surface area contributed by atoms with E-state index in [1.807, 2.05) is 30.3 Å². The summed E-state index contributed by atoms with van der Waals surface area (Å²) in [4.78, 5) is 8.46. The van der Waals surface area contributed by atoms with E-state index in [-0.39, 0.29) is 5.82 Å². The van der Waals surface area contributed by atoms with E-state index in [4.69, 9.17) is 11.6 Å². The molecule has 4 aromatic rings. The van der Waals surface area contributed by atoms with Crippen LogP contribution < -0.4 is 4.90 Å². The summed E-state index contributed by atoms with van der Waals surface area (Å²) >= 11 is 6.02. The fourth-order valence-corrected chi connectivity index (χ4v) is 4.39. The second kappa shape index (κ2) is 8.13. The molecule has 3 aromatic carbocycles. The lowest BCUT2D eigenvalue weighted by molar-refractivity contribution is 0.251. The molecule has 1 aromatic heterocycles. The van der Waals surface area contributed by atoms with E-state index in [9.17, 15) is 4.39 Å². The maximum atomic E-state index is 13.4. The summed E-state index contributed by atoms with van der Waals surface area (Å²) in [5.74, 6) is -0.213. The van der Waals surface area contributed by atoms with Gasteiger partial charge in [-0.15, -0.1) is 0 Å². The van der Waals surface area contributed by atoms with E-state index in [0.29, 0.717) is 0 Å². The van der Waals surface area contributed by atoms with Crippen molar-refractivity contribution < 1.29 is 4.39 Å². The number of hydrogen-bond donors (Lipinski definition) is 1. The number of nitrogens with zero attached hydrogens (tertiary/aromatic N) is 2. The Labute approximate surface area is 180 Å². The molecule has 1 fully saturated rings. The summed E-state index contributed by atoms with van der Waals surface area (Å²) in [5.41, 5.74) is 5.71. The Morgan fingerprint density at radius 3 is 2.27 bits per heavy atom. The molecule has 0 spiro atoms. The van der Waals surface area contributed by atoms with Crippen LogP contribution in [0.3, 0.4) is 0 Å². The van der Waals surface area contributed by atoms with Crippen molar-refractivity contribution in [2.75, 3.05) is 31.1 Å². The molecule has 0 saturated carbocycles. The van der Waals surface area contributed by atoms with Gasteiger partial charge < -0.3 is 9.88 Å². The van der Waals surface area contributed by atoms with Crippen molar-refractivity contribution in [1.82, 2.24) is 9.88 Å². The lowest BCUT2D eigenvalue weighted by Crippen LogP contribution is -2.46. The van der Waals surface area contributed by atoms with E-state index in [1.54, 1.807) is 0 Å². The number of aromatic amines is 1. The van der Waals surface area contributed by atoms with Gasteiger partial charge in [0.25, 0.3) is 0 Å². The molecule has 0 unspecified atom stereocenters. The lowest BCUT2D eigenvalue weighted by Gasteiger charge is -2.36. The molecule has 1 N–H and O–H groups in total. The molecule has 0 amide bonds. The van der Waals surface area contributed by atoms with Crippen molar-refractivity contribution in [2.24, 2.45) is 0 Å². The molecular formula is C25H23ClFN3. The number of anilines is 1. The molecule has 1 aliphatic rings. The van der Waals surface area contributed by atoms with Crippen LogP contribution in [0.25, 0.3) is 22.2 Å². The highest BCUT2D eigenvalue weighted by atomic mass is 35.5. The first kappa shape index (κ1) is 19.2. The molecule has 0 bridgehead atoms. The first-order chi connectivity index (χ1) is 14.7. The van der Waals surface area contributed by atoms with Crippen LogP contribution in [0.15, 0.2) is 72.8 Å². The molecule has 152 valence electrons. The number of H-pyrrole nitrogens is 1. The lowest BCUT2D eigenvalue weighted by atomic mass is 10.0. The number of halogens is 2. The third kappa shape index (κ3) is 3.81. The summed E-state index contributed by atoms with van der Waals surface area (Å²) in [6.07, 6.45) is 0. The minimum Gasteiger partial charge on any atom is -0.369 e. The predicted molar refractivity (Wildman–Crippen MR) is 123 cm³/mol. The zero-order valence-electron chi connectivity index (χ0n) is 16.6. The highest BCUT2D eigenvalue weighted by Gasteiger charge is 2.21. The van der Waals surface area contributed by atoms with Crippen LogP contribution in [-0.2, 0) is 6.54 Å². The number of benzene rings is 3. The largest absolute Gasteiger partial charge is 0.369 e. The molecule has 0 aliphatic carbocycles. The molecule has 1 aliphatic heterocycles. The number of piperazine rings is 1. The molecule has 0 radical (unpaired) electrons. The maximum absolute atomic E-state index is 13.4. The van der Waals surface area contributed by atoms with Crippen molar-refractivity contribution in [3.63, 3.8) is 0 Å². The molecule has 1 saturated heterocycles. The van der Waals surface area contributed by atoms with E-state index in [0.717, 1.165) is 54.5 Å². The highest BCUT2D eigenvalue weighted by molar-refractivity contribution is 6.30. The first-order valence-electron chi connectivity index (χ1n) is 10.3. The van der Waals surface area contributed by atoms with E-state index >= 15 is 0 Å². The topological polar surface area (TPSA) is 22.3 Å². The fraction of sp³-hybridized carbons (Fsp3) is 0.200. The third-order valence-corrected chi connectivity index (χ3v) is 6.14. The smallest absolute Gasteiger partial charge is 0.123 e. The summed E-state index contributed by atoms with van der Waals surface area (Å²) in [5, 5.41) is 2.00.